The minimum absolute atomic E-state index is 0.921. The van der Waals surface area contributed by atoms with Gasteiger partial charge in [0.1, 0.15) is 0 Å². The minimum Gasteiger partial charge on any atom is -0.302 e. The van der Waals surface area contributed by atoms with E-state index in [-0.39, 0.29) is 0 Å². The van der Waals surface area contributed by atoms with Crippen molar-refractivity contribution < 1.29 is 0 Å². The SMILES string of the molecule is CN1CCC=C(CS)C1. The fourth-order valence-electron chi connectivity index (χ4n) is 1.09. The van der Waals surface area contributed by atoms with Gasteiger partial charge in [0.15, 0.2) is 0 Å². The van der Waals surface area contributed by atoms with Crippen LogP contribution in [0.4, 0.5) is 0 Å². The van der Waals surface area contributed by atoms with E-state index in [0.29, 0.717) is 0 Å². The van der Waals surface area contributed by atoms with Crippen LogP contribution in [0.3, 0.4) is 0 Å². The predicted molar refractivity (Wildman–Crippen MR) is 44.1 cm³/mol. The molecule has 0 aromatic heterocycles. The molecule has 0 amide bonds. The van der Waals surface area contributed by atoms with Gasteiger partial charge in [-0.3, -0.25) is 0 Å². The highest BCUT2D eigenvalue weighted by Crippen LogP contribution is 2.07. The fraction of sp³-hybridized carbons (Fsp3) is 0.714. The normalized spacial score (nSPS) is 21.8. The zero-order valence-corrected chi connectivity index (χ0v) is 6.69. The first-order chi connectivity index (χ1) is 4.33. The Morgan fingerprint density at radius 2 is 2.56 bits per heavy atom. The molecule has 0 saturated carbocycles. The topological polar surface area (TPSA) is 3.24 Å². The van der Waals surface area contributed by atoms with Crippen molar-refractivity contribution in [3.8, 4) is 0 Å². The van der Waals surface area contributed by atoms with E-state index < -0.39 is 0 Å². The lowest BCUT2D eigenvalue weighted by Crippen LogP contribution is -2.25. The Morgan fingerprint density at radius 3 is 3.00 bits per heavy atom. The number of hydrogen-bond donors (Lipinski definition) is 1. The molecule has 0 radical (unpaired) electrons. The summed E-state index contributed by atoms with van der Waals surface area (Å²) in [5, 5.41) is 0. The Morgan fingerprint density at radius 1 is 1.78 bits per heavy atom. The molecule has 0 N–H and O–H groups in total. The average molecular weight is 143 g/mol. The van der Waals surface area contributed by atoms with Gasteiger partial charge in [0.05, 0.1) is 0 Å². The number of nitrogens with zero attached hydrogens (tertiary/aromatic N) is 1. The second-order valence-corrected chi connectivity index (χ2v) is 2.86. The van der Waals surface area contributed by atoms with Gasteiger partial charge in [-0.15, -0.1) is 0 Å². The molecule has 0 aromatic carbocycles. The maximum Gasteiger partial charge on any atom is 0.0198 e. The molecule has 0 bridgehead atoms. The third-order valence-electron chi connectivity index (χ3n) is 1.62. The molecule has 9 heavy (non-hydrogen) atoms. The Kier molecular flexibility index (Phi) is 2.61. The van der Waals surface area contributed by atoms with E-state index in [4.69, 9.17) is 0 Å². The molecule has 52 valence electrons. The summed E-state index contributed by atoms with van der Waals surface area (Å²) in [6.07, 6.45) is 3.50. The summed E-state index contributed by atoms with van der Waals surface area (Å²) in [7, 11) is 2.15. The average Bonchev–Trinajstić information content (AvgIpc) is 1.88. The van der Waals surface area contributed by atoms with Gasteiger partial charge in [0, 0.05) is 18.8 Å². The van der Waals surface area contributed by atoms with Crippen LogP contribution in [0.1, 0.15) is 6.42 Å². The number of likely N-dealkylation sites (N-methyl/N-ethyl adjacent to an activating group) is 1. The Labute approximate surface area is 62.1 Å². The molecular formula is C7H13NS. The quantitative estimate of drug-likeness (QED) is 0.426. The Hall–Kier alpha value is 0.0500. The monoisotopic (exact) mass is 143 g/mol. The zero-order valence-electron chi connectivity index (χ0n) is 5.80. The van der Waals surface area contributed by atoms with E-state index in [9.17, 15) is 0 Å². The van der Waals surface area contributed by atoms with Crippen LogP contribution >= 0.6 is 12.6 Å². The lowest BCUT2D eigenvalue weighted by Gasteiger charge is -2.21. The third kappa shape index (κ3) is 2.03. The van der Waals surface area contributed by atoms with Crippen molar-refractivity contribution in [1.29, 1.82) is 0 Å². The van der Waals surface area contributed by atoms with Crippen molar-refractivity contribution in [1.82, 2.24) is 4.90 Å². The highest BCUT2D eigenvalue weighted by molar-refractivity contribution is 7.80. The fourth-order valence-corrected chi connectivity index (χ4v) is 1.32. The van der Waals surface area contributed by atoms with Gasteiger partial charge < -0.3 is 4.90 Å². The molecule has 1 heterocycles. The molecule has 0 fully saturated rings. The van der Waals surface area contributed by atoms with Crippen LogP contribution in [0.25, 0.3) is 0 Å². The second-order valence-electron chi connectivity index (χ2n) is 2.55. The number of rotatable bonds is 1. The maximum atomic E-state index is 4.21. The summed E-state index contributed by atoms with van der Waals surface area (Å²) in [6, 6.07) is 0. The first kappa shape index (κ1) is 7.16. The molecule has 0 aliphatic carbocycles. The van der Waals surface area contributed by atoms with E-state index in [1.165, 1.54) is 18.5 Å². The highest BCUT2D eigenvalue weighted by Gasteiger charge is 2.05. The molecule has 1 nitrogen and oxygen atoms in total. The zero-order chi connectivity index (χ0) is 6.69. The van der Waals surface area contributed by atoms with E-state index in [1.807, 2.05) is 0 Å². The summed E-state index contributed by atoms with van der Waals surface area (Å²) >= 11 is 4.21. The maximum absolute atomic E-state index is 4.21. The predicted octanol–water partition coefficient (Wildman–Crippen LogP) is 1.18. The van der Waals surface area contributed by atoms with Gasteiger partial charge >= 0.3 is 0 Å². The largest absolute Gasteiger partial charge is 0.302 e. The van der Waals surface area contributed by atoms with Gasteiger partial charge in [-0.2, -0.15) is 12.6 Å². The van der Waals surface area contributed by atoms with Crippen LogP contribution in [-0.2, 0) is 0 Å². The number of thiol groups is 1. The number of hydrogen-bond acceptors (Lipinski definition) is 2. The summed E-state index contributed by atoms with van der Waals surface area (Å²) in [4.78, 5) is 2.32. The summed E-state index contributed by atoms with van der Waals surface area (Å²) in [6.45, 7) is 2.32. The van der Waals surface area contributed by atoms with Gasteiger partial charge in [-0.1, -0.05) is 11.6 Å². The molecule has 0 aromatic rings. The molecule has 0 unspecified atom stereocenters. The first-order valence-electron chi connectivity index (χ1n) is 3.30. The minimum atomic E-state index is 0.921. The van der Waals surface area contributed by atoms with Crippen molar-refractivity contribution >= 4 is 12.6 Å². The molecule has 1 aliphatic heterocycles. The van der Waals surface area contributed by atoms with E-state index in [0.717, 1.165) is 12.3 Å². The second kappa shape index (κ2) is 3.28. The van der Waals surface area contributed by atoms with Crippen LogP contribution in [-0.4, -0.2) is 30.8 Å². The third-order valence-corrected chi connectivity index (χ3v) is 2.03. The van der Waals surface area contributed by atoms with Crippen molar-refractivity contribution in [3.05, 3.63) is 11.6 Å². The Balaban J connectivity index is 2.43. The van der Waals surface area contributed by atoms with Crippen LogP contribution in [0.15, 0.2) is 11.6 Å². The Bertz CT molecular complexity index is 120. The summed E-state index contributed by atoms with van der Waals surface area (Å²) < 4.78 is 0. The van der Waals surface area contributed by atoms with E-state index in [1.54, 1.807) is 0 Å². The van der Waals surface area contributed by atoms with Gasteiger partial charge in [0.25, 0.3) is 0 Å². The molecular weight excluding hydrogens is 130 g/mol. The summed E-state index contributed by atoms with van der Waals surface area (Å²) in [5.41, 5.74) is 1.46. The lowest BCUT2D eigenvalue weighted by atomic mass is 10.1. The van der Waals surface area contributed by atoms with Gasteiger partial charge in [-0.05, 0) is 13.5 Å². The van der Waals surface area contributed by atoms with Gasteiger partial charge in [0.2, 0.25) is 0 Å². The molecule has 1 rings (SSSR count). The smallest absolute Gasteiger partial charge is 0.0198 e. The van der Waals surface area contributed by atoms with Crippen LogP contribution < -0.4 is 0 Å². The van der Waals surface area contributed by atoms with E-state index >= 15 is 0 Å². The lowest BCUT2D eigenvalue weighted by molar-refractivity contribution is 0.356. The molecule has 2 heteroatoms. The van der Waals surface area contributed by atoms with Crippen molar-refractivity contribution in [2.45, 2.75) is 6.42 Å². The molecule has 0 saturated heterocycles. The molecule has 0 spiro atoms. The van der Waals surface area contributed by atoms with Crippen LogP contribution in [0.5, 0.6) is 0 Å². The van der Waals surface area contributed by atoms with E-state index in [2.05, 4.69) is 30.7 Å². The van der Waals surface area contributed by atoms with Crippen LogP contribution in [0, 0.1) is 0 Å². The van der Waals surface area contributed by atoms with Crippen molar-refractivity contribution in [2.75, 3.05) is 25.9 Å². The van der Waals surface area contributed by atoms with Crippen molar-refractivity contribution in [2.24, 2.45) is 0 Å². The molecule has 1 aliphatic rings. The van der Waals surface area contributed by atoms with Gasteiger partial charge in [-0.25, -0.2) is 0 Å². The van der Waals surface area contributed by atoms with Crippen molar-refractivity contribution in [3.63, 3.8) is 0 Å². The summed E-state index contributed by atoms with van der Waals surface area (Å²) in [5.74, 6) is 0.921. The van der Waals surface area contributed by atoms with Crippen LogP contribution in [0.2, 0.25) is 0 Å². The standard InChI is InChI=1S/C7H13NS/c1-8-4-2-3-7(5-8)6-9/h3,9H,2,4-6H2,1H3. The molecule has 0 atom stereocenters. The highest BCUT2D eigenvalue weighted by atomic mass is 32.1. The first-order valence-corrected chi connectivity index (χ1v) is 3.93.